The van der Waals surface area contributed by atoms with E-state index in [1.165, 1.54) is 6.92 Å². The Hall–Kier alpha value is -2.10. The number of rotatable bonds is 4. The summed E-state index contributed by atoms with van der Waals surface area (Å²) in [5, 5.41) is 0. The van der Waals surface area contributed by atoms with Crippen LogP contribution in [0.5, 0.6) is 0 Å². The highest BCUT2D eigenvalue weighted by atomic mass is 19.4. The molecule has 9 heteroatoms. The van der Waals surface area contributed by atoms with E-state index >= 15 is 0 Å². The van der Waals surface area contributed by atoms with Crippen LogP contribution in [0.1, 0.15) is 47.6 Å². The summed E-state index contributed by atoms with van der Waals surface area (Å²) in [4.78, 5) is 0. The summed E-state index contributed by atoms with van der Waals surface area (Å²) >= 11 is 0. The lowest BCUT2D eigenvalue weighted by molar-refractivity contribution is -0.200. The highest BCUT2D eigenvalue weighted by Gasteiger charge is 2.39. The number of alkyl halides is 6. The zero-order valence-electron chi connectivity index (χ0n) is 16.0. The van der Waals surface area contributed by atoms with Gasteiger partial charge in [0.15, 0.2) is 6.29 Å². The minimum absolute atomic E-state index is 0.0933. The van der Waals surface area contributed by atoms with Crippen LogP contribution in [0.3, 0.4) is 0 Å². The molecule has 1 heterocycles. The van der Waals surface area contributed by atoms with Gasteiger partial charge in [-0.25, -0.2) is 0 Å². The van der Waals surface area contributed by atoms with Crippen LogP contribution in [-0.4, -0.2) is 18.9 Å². The molecular formula is C21H21F6NO2. The smallest absolute Gasteiger partial charge is 0.352 e. The van der Waals surface area contributed by atoms with Crippen LogP contribution >= 0.6 is 0 Å². The molecule has 0 radical (unpaired) electrons. The molecule has 4 atom stereocenters. The maximum Gasteiger partial charge on any atom is 0.416 e. The molecule has 0 bridgehead atoms. The second-order valence-corrected chi connectivity index (χ2v) is 7.25. The van der Waals surface area contributed by atoms with E-state index in [2.05, 4.69) is 0 Å². The standard InChI is InChI=1S/C21H21F6NO2/c1-12(14-9-15(20(22,23)24)11-16(10-14)21(25,26)27)30-19-18(17(28)7-8-29-19)13-5-3-2-4-6-13/h2-6,9-12,17-19H,7-8,28H2,1H3/t12?,17-,18-,19?/m1/s1. The lowest BCUT2D eigenvalue weighted by atomic mass is 9.88. The Labute approximate surface area is 169 Å². The van der Waals surface area contributed by atoms with Gasteiger partial charge < -0.3 is 15.2 Å². The first-order valence-electron chi connectivity index (χ1n) is 9.34. The molecule has 0 saturated carbocycles. The maximum absolute atomic E-state index is 13.1. The van der Waals surface area contributed by atoms with Crippen molar-refractivity contribution in [1.29, 1.82) is 0 Å². The minimum Gasteiger partial charge on any atom is -0.352 e. The van der Waals surface area contributed by atoms with E-state index in [9.17, 15) is 26.3 Å². The predicted octanol–water partition coefficient (Wildman–Crippen LogP) is 5.66. The third kappa shape index (κ3) is 5.14. The van der Waals surface area contributed by atoms with Gasteiger partial charge in [0.05, 0.1) is 29.8 Å². The molecule has 1 aliphatic rings. The number of nitrogens with two attached hydrogens (primary N) is 1. The molecule has 164 valence electrons. The molecule has 0 aliphatic carbocycles. The number of hydrogen-bond donors (Lipinski definition) is 1. The third-order valence-electron chi connectivity index (χ3n) is 5.09. The molecule has 2 aromatic carbocycles. The molecular weight excluding hydrogens is 412 g/mol. The molecule has 2 aromatic rings. The Morgan fingerprint density at radius 3 is 2.07 bits per heavy atom. The quantitative estimate of drug-likeness (QED) is 0.633. The number of hydrogen-bond acceptors (Lipinski definition) is 3. The predicted molar refractivity (Wildman–Crippen MR) is 97.5 cm³/mol. The van der Waals surface area contributed by atoms with E-state index in [0.29, 0.717) is 18.6 Å². The number of ether oxygens (including phenoxy) is 2. The van der Waals surface area contributed by atoms with E-state index in [0.717, 1.165) is 5.56 Å². The Bertz CT molecular complexity index is 821. The number of benzene rings is 2. The van der Waals surface area contributed by atoms with Gasteiger partial charge in [-0.2, -0.15) is 26.3 Å². The van der Waals surface area contributed by atoms with Crippen LogP contribution in [-0.2, 0) is 21.8 Å². The van der Waals surface area contributed by atoms with Crippen molar-refractivity contribution in [2.24, 2.45) is 5.73 Å². The lowest BCUT2D eigenvalue weighted by Crippen LogP contribution is -2.44. The SMILES string of the molecule is CC(OC1OCC[C@@H](N)[C@H]1c1ccccc1)c1cc(C(F)(F)F)cc(C(F)(F)F)c1. The molecule has 2 unspecified atom stereocenters. The van der Waals surface area contributed by atoms with Crippen molar-refractivity contribution >= 4 is 0 Å². The maximum atomic E-state index is 13.1. The molecule has 3 rings (SSSR count). The Balaban J connectivity index is 1.91. The summed E-state index contributed by atoms with van der Waals surface area (Å²) in [5.74, 6) is -0.407. The summed E-state index contributed by atoms with van der Waals surface area (Å²) in [6, 6.07) is 10.2. The largest absolute Gasteiger partial charge is 0.416 e. The van der Waals surface area contributed by atoms with Crippen molar-refractivity contribution in [3.05, 3.63) is 70.8 Å². The van der Waals surface area contributed by atoms with Crippen molar-refractivity contribution in [2.75, 3.05) is 6.61 Å². The molecule has 1 saturated heterocycles. The number of halogens is 6. The molecule has 1 aliphatic heterocycles. The van der Waals surface area contributed by atoms with Crippen molar-refractivity contribution in [2.45, 2.75) is 50.1 Å². The van der Waals surface area contributed by atoms with Gasteiger partial charge in [0.1, 0.15) is 0 Å². The Morgan fingerprint density at radius 2 is 1.53 bits per heavy atom. The Kier molecular flexibility index (Phi) is 6.45. The van der Waals surface area contributed by atoms with E-state index < -0.39 is 41.8 Å². The summed E-state index contributed by atoms with van der Waals surface area (Å²) in [5.41, 5.74) is 4.03. The van der Waals surface area contributed by atoms with Gasteiger partial charge in [-0.05, 0) is 42.7 Å². The van der Waals surface area contributed by atoms with Gasteiger partial charge in [-0.15, -0.1) is 0 Å². The summed E-state index contributed by atoms with van der Waals surface area (Å²) in [6.07, 6.45) is -11.3. The van der Waals surface area contributed by atoms with Gasteiger partial charge in [-0.1, -0.05) is 30.3 Å². The molecule has 0 aromatic heterocycles. The first-order chi connectivity index (χ1) is 14.0. The molecule has 3 nitrogen and oxygen atoms in total. The third-order valence-corrected chi connectivity index (χ3v) is 5.09. The molecule has 0 amide bonds. The van der Waals surface area contributed by atoms with Crippen LogP contribution in [0, 0.1) is 0 Å². The van der Waals surface area contributed by atoms with Crippen LogP contribution in [0.25, 0.3) is 0 Å². The first-order valence-corrected chi connectivity index (χ1v) is 9.34. The summed E-state index contributed by atoms with van der Waals surface area (Å²) < 4.78 is 90.3. The fraction of sp³-hybridized carbons (Fsp3) is 0.429. The van der Waals surface area contributed by atoms with Crippen LogP contribution in [0.2, 0.25) is 0 Å². The van der Waals surface area contributed by atoms with Gasteiger partial charge in [0.25, 0.3) is 0 Å². The fourth-order valence-electron chi connectivity index (χ4n) is 3.50. The molecule has 2 N–H and O–H groups in total. The van der Waals surface area contributed by atoms with Crippen molar-refractivity contribution in [3.63, 3.8) is 0 Å². The van der Waals surface area contributed by atoms with Crippen molar-refractivity contribution < 1.29 is 35.8 Å². The minimum atomic E-state index is -4.92. The zero-order valence-corrected chi connectivity index (χ0v) is 16.0. The normalized spacial score (nSPS) is 23.9. The molecule has 30 heavy (non-hydrogen) atoms. The lowest BCUT2D eigenvalue weighted by Gasteiger charge is -2.37. The monoisotopic (exact) mass is 433 g/mol. The highest BCUT2D eigenvalue weighted by molar-refractivity contribution is 5.34. The van der Waals surface area contributed by atoms with Gasteiger partial charge in [0, 0.05) is 6.04 Å². The average Bonchev–Trinajstić information content (AvgIpc) is 2.67. The van der Waals surface area contributed by atoms with Gasteiger partial charge in [0.2, 0.25) is 0 Å². The highest BCUT2D eigenvalue weighted by Crippen LogP contribution is 2.39. The van der Waals surface area contributed by atoms with E-state index in [1.807, 2.05) is 18.2 Å². The van der Waals surface area contributed by atoms with Crippen molar-refractivity contribution in [3.8, 4) is 0 Å². The Morgan fingerprint density at radius 1 is 0.967 bits per heavy atom. The summed E-state index contributed by atoms with van der Waals surface area (Å²) in [7, 11) is 0. The molecule has 0 spiro atoms. The van der Waals surface area contributed by atoms with Crippen LogP contribution in [0.4, 0.5) is 26.3 Å². The average molecular weight is 433 g/mol. The van der Waals surface area contributed by atoms with E-state index in [-0.39, 0.29) is 24.3 Å². The molecule has 1 fully saturated rings. The van der Waals surface area contributed by atoms with Crippen molar-refractivity contribution in [1.82, 2.24) is 0 Å². The second kappa shape index (κ2) is 8.56. The topological polar surface area (TPSA) is 44.5 Å². The van der Waals surface area contributed by atoms with Gasteiger partial charge >= 0.3 is 12.4 Å². The fourth-order valence-corrected chi connectivity index (χ4v) is 3.50. The van der Waals surface area contributed by atoms with E-state index in [1.54, 1.807) is 12.1 Å². The van der Waals surface area contributed by atoms with Gasteiger partial charge in [-0.3, -0.25) is 0 Å². The van der Waals surface area contributed by atoms with E-state index in [4.69, 9.17) is 15.2 Å². The first kappa shape index (κ1) is 22.6. The van der Waals surface area contributed by atoms with Crippen LogP contribution < -0.4 is 5.73 Å². The zero-order chi connectivity index (χ0) is 22.1. The summed E-state index contributed by atoms with van der Waals surface area (Å²) in [6.45, 7) is 1.67. The second-order valence-electron chi connectivity index (χ2n) is 7.25. The van der Waals surface area contributed by atoms with Crippen LogP contribution in [0.15, 0.2) is 48.5 Å².